The fourth-order valence-electron chi connectivity index (χ4n) is 1.35. The molecule has 1 aromatic carbocycles. The van der Waals surface area contributed by atoms with E-state index in [2.05, 4.69) is 57.7 Å². The maximum Gasteiger partial charge on any atom is 0.205 e. The Bertz CT molecular complexity index is 254. The Morgan fingerprint density at radius 3 is 2.36 bits per heavy atom. The maximum absolute atomic E-state index is 3.28. The van der Waals surface area contributed by atoms with Gasteiger partial charge in [0, 0.05) is 6.54 Å². The lowest BCUT2D eigenvalue weighted by Crippen LogP contribution is -2.17. The molecule has 14 heavy (non-hydrogen) atoms. The van der Waals surface area contributed by atoms with Crippen LogP contribution in [0.4, 0.5) is 0 Å². The van der Waals surface area contributed by atoms with Gasteiger partial charge in [0.15, 0.2) is 0 Å². The Morgan fingerprint density at radius 1 is 1.21 bits per heavy atom. The Morgan fingerprint density at radius 2 is 1.86 bits per heavy atom. The molecule has 0 amide bonds. The lowest BCUT2D eigenvalue weighted by Gasteiger charge is -2.07. The molecule has 0 aliphatic carbocycles. The van der Waals surface area contributed by atoms with Gasteiger partial charge in [-0.15, -0.1) is 0 Å². The van der Waals surface area contributed by atoms with Crippen molar-refractivity contribution >= 4 is 7.41 Å². The first-order valence-electron chi connectivity index (χ1n) is 5.38. The van der Waals surface area contributed by atoms with E-state index in [0.717, 1.165) is 12.9 Å². The van der Waals surface area contributed by atoms with Gasteiger partial charge in [-0.3, -0.25) is 0 Å². The molecule has 1 rings (SSSR count). The second kappa shape index (κ2) is 5.87. The maximum atomic E-state index is 3.28. The first-order valence-corrected chi connectivity index (χ1v) is 5.38. The molecule has 0 aliphatic rings. The minimum Gasteiger partial charge on any atom is -0.357 e. The normalized spacial score (nSPS) is 10.6. The van der Waals surface area contributed by atoms with Crippen molar-refractivity contribution in [3.8, 4) is 0 Å². The molecule has 0 heterocycles. The Labute approximate surface area is 88.2 Å². The van der Waals surface area contributed by atoms with Crippen molar-refractivity contribution in [1.82, 2.24) is 5.23 Å². The van der Waals surface area contributed by atoms with E-state index in [1.807, 2.05) is 0 Å². The van der Waals surface area contributed by atoms with Crippen LogP contribution in [0.5, 0.6) is 0 Å². The number of benzene rings is 1. The molecule has 2 heteroatoms. The molecule has 0 spiro atoms. The van der Waals surface area contributed by atoms with Crippen LogP contribution in [0.3, 0.4) is 0 Å². The van der Waals surface area contributed by atoms with Crippen LogP contribution in [-0.4, -0.2) is 7.41 Å². The standard InChI is InChI=1S/C12H19BN/c1-4-13-14-9-11-5-7-12(8-6-11)10(2)3/h5-8,10,14H,4,9H2,1-3H3. The van der Waals surface area contributed by atoms with Crippen molar-refractivity contribution < 1.29 is 0 Å². The Hall–Kier alpha value is -0.755. The molecule has 1 aromatic rings. The molecule has 0 unspecified atom stereocenters. The number of rotatable bonds is 5. The zero-order valence-electron chi connectivity index (χ0n) is 9.38. The second-order valence-electron chi connectivity index (χ2n) is 3.89. The summed E-state index contributed by atoms with van der Waals surface area (Å²) in [6, 6.07) is 8.83. The Balaban J connectivity index is 2.47. The predicted molar refractivity (Wildman–Crippen MR) is 63.6 cm³/mol. The van der Waals surface area contributed by atoms with Crippen LogP contribution in [0, 0.1) is 0 Å². The largest absolute Gasteiger partial charge is 0.357 e. The highest BCUT2D eigenvalue weighted by molar-refractivity contribution is 6.31. The molecule has 0 saturated carbocycles. The first-order chi connectivity index (χ1) is 6.74. The fourth-order valence-corrected chi connectivity index (χ4v) is 1.35. The van der Waals surface area contributed by atoms with Crippen LogP contribution < -0.4 is 5.23 Å². The molecule has 1 radical (unpaired) electrons. The van der Waals surface area contributed by atoms with Gasteiger partial charge in [-0.25, -0.2) is 0 Å². The van der Waals surface area contributed by atoms with Crippen LogP contribution >= 0.6 is 0 Å². The molecular formula is C12H19BN. The summed E-state index contributed by atoms with van der Waals surface area (Å²) in [4.78, 5) is 0. The van der Waals surface area contributed by atoms with Crippen LogP contribution in [0.1, 0.15) is 37.8 Å². The summed E-state index contributed by atoms with van der Waals surface area (Å²) in [6.07, 6.45) is 1.07. The quantitative estimate of drug-likeness (QED) is 0.553. The SMILES string of the molecule is CC[B]NCc1ccc(C(C)C)cc1. The van der Waals surface area contributed by atoms with Gasteiger partial charge in [0.1, 0.15) is 0 Å². The van der Waals surface area contributed by atoms with Crippen molar-refractivity contribution in [2.75, 3.05) is 0 Å². The van der Waals surface area contributed by atoms with Crippen LogP contribution in [0.15, 0.2) is 24.3 Å². The topological polar surface area (TPSA) is 12.0 Å². The zero-order chi connectivity index (χ0) is 10.4. The van der Waals surface area contributed by atoms with E-state index >= 15 is 0 Å². The molecular weight excluding hydrogens is 169 g/mol. The third-order valence-corrected chi connectivity index (χ3v) is 2.30. The smallest absolute Gasteiger partial charge is 0.205 e. The molecule has 75 valence electrons. The summed E-state index contributed by atoms with van der Waals surface area (Å²) in [7, 11) is 2.09. The van der Waals surface area contributed by atoms with E-state index in [1.165, 1.54) is 11.1 Å². The van der Waals surface area contributed by atoms with Crippen molar-refractivity contribution in [2.24, 2.45) is 0 Å². The number of hydrogen-bond acceptors (Lipinski definition) is 1. The van der Waals surface area contributed by atoms with Gasteiger partial charge in [0.25, 0.3) is 0 Å². The summed E-state index contributed by atoms with van der Waals surface area (Å²) in [5.41, 5.74) is 2.76. The van der Waals surface area contributed by atoms with Crippen molar-refractivity contribution in [3.63, 3.8) is 0 Å². The van der Waals surface area contributed by atoms with Crippen LogP contribution in [0.2, 0.25) is 6.32 Å². The average molecular weight is 188 g/mol. The molecule has 0 bridgehead atoms. The van der Waals surface area contributed by atoms with Gasteiger partial charge in [0.2, 0.25) is 7.41 Å². The van der Waals surface area contributed by atoms with Gasteiger partial charge in [0.05, 0.1) is 0 Å². The highest BCUT2D eigenvalue weighted by atomic mass is 14.7. The van der Waals surface area contributed by atoms with Gasteiger partial charge in [-0.05, 0) is 17.0 Å². The number of nitrogens with one attached hydrogen (secondary N) is 1. The van der Waals surface area contributed by atoms with Crippen molar-refractivity contribution in [3.05, 3.63) is 35.4 Å². The first kappa shape index (κ1) is 11.3. The lowest BCUT2D eigenvalue weighted by molar-refractivity contribution is 0.861. The summed E-state index contributed by atoms with van der Waals surface area (Å²) in [5, 5.41) is 3.28. The summed E-state index contributed by atoms with van der Waals surface area (Å²) < 4.78 is 0. The summed E-state index contributed by atoms with van der Waals surface area (Å²) in [5.74, 6) is 0.624. The lowest BCUT2D eigenvalue weighted by atomic mass is 9.90. The van der Waals surface area contributed by atoms with E-state index in [1.54, 1.807) is 0 Å². The fraction of sp³-hybridized carbons (Fsp3) is 0.500. The average Bonchev–Trinajstić information content (AvgIpc) is 2.19. The second-order valence-corrected chi connectivity index (χ2v) is 3.89. The zero-order valence-corrected chi connectivity index (χ0v) is 9.38. The predicted octanol–water partition coefficient (Wildman–Crippen LogP) is 2.96. The van der Waals surface area contributed by atoms with E-state index < -0.39 is 0 Å². The van der Waals surface area contributed by atoms with Crippen molar-refractivity contribution in [2.45, 2.75) is 39.6 Å². The molecule has 1 nitrogen and oxygen atoms in total. The molecule has 0 aromatic heterocycles. The minimum atomic E-state index is 0.624. The summed E-state index contributed by atoms with van der Waals surface area (Å²) in [6.45, 7) is 7.51. The van der Waals surface area contributed by atoms with Gasteiger partial charge >= 0.3 is 0 Å². The highest BCUT2D eigenvalue weighted by Crippen LogP contribution is 2.14. The minimum absolute atomic E-state index is 0.624. The van der Waals surface area contributed by atoms with Crippen LogP contribution in [-0.2, 0) is 6.54 Å². The summed E-state index contributed by atoms with van der Waals surface area (Å²) >= 11 is 0. The van der Waals surface area contributed by atoms with Crippen LogP contribution in [0.25, 0.3) is 0 Å². The third kappa shape index (κ3) is 3.55. The monoisotopic (exact) mass is 188 g/mol. The third-order valence-electron chi connectivity index (χ3n) is 2.30. The van der Waals surface area contributed by atoms with Gasteiger partial charge in [-0.1, -0.05) is 51.4 Å². The molecule has 0 aliphatic heterocycles. The Kier molecular flexibility index (Phi) is 4.74. The molecule has 0 fully saturated rings. The van der Waals surface area contributed by atoms with Crippen molar-refractivity contribution in [1.29, 1.82) is 0 Å². The van der Waals surface area contributed by atoms with Gasteiger partial charge < -0.3 is 5.23 Å². The van der Waals surface area contributed by atoms with E-state index in [4.69, 9.17) is 0 Å². The van der Waals surface area contributed by atoms with E-state index in [0.29, 0.717) is 5.92 Å². The molecule has 0 atom stereocenters. The number of hydrogen-bond donors (Lipinski definition) is 1. The van der Waals surface area contributed by atoms with Gasteiger partial charge in [-0.2, -0.15) is 0 Å². The van der Waals surface area contributed by atoms with E-state index in [-0.39, 0.29) is 0 Å². The highest BCUT2D eigenvalue weighted by Gasteiger charge is 1.98. The molecule has 1 N–H and O–H groups in total. The van der Waals surface area contributed by atoms with E-state index in [9.17, 15) is 0 Å². The molecule has 0 saturated heterocycles.